The van der Waals surface area contributed by atoms with E-state index in [0.717, 1.165) is 70.4 Å². The molecule has 0 saturated heterocycles. The number of aromatic nitrogens is 2. The Labute approximate surface area is 471 Å². The van der Waals surface area contributed by atoms with Gasteiger partial charge in [-0.1, -0.05) is 233 Å². The van der Waals surface area contributed by atoms with Gasteiger partial charge in [0.2, 0.25) is 0 Å². The highest BCUT2D eigenvalue weighted by molar-refractivity contribution is 7.27. The van der Waals surface area contributed by atoms with Crippen LogP contribution in [0.15, 0.2) is 24.3 Å². The molecule has 2 unspecified atom stereocenters. The number of fused-ring (bicyclic) bond motifs is 1. The topological polar surface area (TPSA) is 25.8 Å². The second-order valence-electron chi connectivity index (χ2n) is 22.1. The number of nitrogens with zero attached hydrogens (tertiary/aromatic N) is 2. The highest BCUT2D eigenvalue weighted by atomic mass is 32.1. The zero-order chi connectivity index (χ0) is 53.4. The van der Waals surface area contributed by atoms with Crippen LogP contribution in [-0.4, -0.2) is 8.75 Å². The molecule has 0 aliphatic heterocycles. The van der Waals surface area contributed by atoms with Gasteiger partial charge in [-0.05, 0) is 73.9 Å². The average molecular weight is 1130 g/mol. The van der Waals surface area contributed by atoms with Gasteiger partial charge in [0.25, 0.3) is 0 Å². The number of benzene rings is 1. The summed E-state index contributed by atoms with van der Waals surface area (Å²) in [6, 6.07) is 7.15. The van der Waals surface area contributed by atoms with Gasteiger partial charge in [-0.15, -0.1) is 45.3 Å². The fourth-order valence-electron chi connectivity index (χ4n) is 11.3. The largest absolute Gasteiger partial charge is 0.205 e. The van der Waals surface area contributed by atoms with Crippen LogP contribution >= 0.6 is 57.1 Å². The van der Waals surface area contributed by atoms with E-state index in [1.807, 2.05) is 13.0 Å². The Morgan fingerprint density at radius 3 is 1.17 bits per heavy atom. The Morgan fingerprint density at radius 1 is 0.387 bits per heavy atom. The van der Waals surface area contributed by atoms with Crippen molar-refractivity contribution >= 4 is 68.1 Å². The van der Waals surface area contributed by atoms with Gasteiger partial charge >= 0.3 is 0 Å². The maximum absolute atomic E-state index is 17.3. The van der Waals surface area contributed by atoms with E-state index >= 15 is 17.6 Å². The van der Waals surface area contributed by atoms with Crippen molar-refractivity contribution < 1.29 is 17.6 Å². The predicted octanol–water partition coefficient (Wildman–Crippen LogP) is 24.7. The predicted molar refractivity (Wildman–Crippen MR) is 325 cm³/mol. The van der Waals surface area contributed by atoms with E-state index in [-0.39, 0.29) is 16.0 Å². The Morgan fingerprint density at radius 2 is 0.747 bits per heavy atom. The molecule has 6 aromatic rings. The molecule has 0 aliphatic carbocycles. The zero-order valence-electron chi connectivity index (χ0n) is 47.0. The smallest absolute Gasteiger partial charge is 0.170 e. The number of thiophene rings is 4. The van der Waals surface area contributed by atoms with Gasteiger partial charge in [0.05, 0.1) is 32.6 Å². The SMILES string of the molecule is CCCCCCCCCCC(CCCCCCCC)Cc1cc(-c2c(F)c(F)c(-c3cc(CC(CCCCCCCC)CCCCCCCCCC)c(-c4cc(F)c(-c5sc(C)cc5F)s4)s3)c3nsnc23)sc1C. The van der Waals surface area contributed by atoms with Crippen molar-refractivity contribution in [1.82, 2.24) is 8.75 Å². The van der Waals surface area contributed by atoms with Crippen LogP contribution in [0, 0.1) is 49.0 Å². The van der Waals surface area contributed by atoms with E-state index in [9.17, 15) is 0 Å². The number of aryl methyl sites for hydroxylation is 2. The van der Waals surface area contributed by atoms with Gasteiger partial charge in [0.1, 0.15) is 22.7 Å². The highest BCUT2D eigenvalue weighted by Crippen LogP contribution is 2.50. The van der Waals surface area contributed by atoms with Crippen LogP contribution in [0.4, 0.5) is 17.6 Å². The van der Waals surface area contributed by atoms with Crippen LogP contribution in [0.2, 0.25) is 0 Å². The summed E-state index contributed by atoms with van der Waals surface area (Å²) in [6.45, 7) is 13.0. The van der Waals surface area contributed by atoms with E-state index < -0.39 is 23.3 Å². The third kappa shape index (κ3) is 18.8. The molecule has 75 heavy (non-hydrogen) atoms. The van der Waals surface area contributed by atoms with Gasteiger partial charge in [-0.3, -0.25) is 0 Å². The third-order valence-electron chi connectivity index (χ3n) is 15.7. The molecule has 416 valence electrons. The molecule has 0 aliphatic rings. The van der Waals surface area contributed by atoms with Crippen molar-refractivity contribution in [3.8, 4) is 40.4 Å². The lowest BCUT2D eigenvalue weighted by molar-refractivity contribution is 0.400. The van der Waals surface area contributed by atoms with Crippen LogP contribution in [0.25, 0.3) is 51.4 Å². The molecule has 0 fully saturated rings. The zero-order valence-corrected chi connectivity index (χ0v) is 51.0. The van der Waals surface area contributed by atoms with Crippen molar-refractivity contribution in [1.29, 1.82) is 0 Å². The Kier molecular flexibility index (Phi) is 27.9. The second-order valence-corrected chi connectivity index (χ2v) is 27.2. The molecular formula is C64H92F4N2S5. The molecule has 0 spiro atoms. The standard InChI is InChI=1S/C64H92F4N2S5/c1-7-11-15-19-23-25-29-33-36-47(35-31-27-21-17-13-9-3)40-49-42-53(72-46(49)6)56-58(67)59(68)57(61-60(56)69-75-70-61)54-43-50(62(73-54)55-44-52(66)64(74-55)63-51(65)39-45(5)71-63)41-48(37-32-28-22-18-14-10-4)38-34-30-26-24-20-16-12-8-2/h39,42-44,47-48H,7-38,40-41H2,1-6H3. The van der Waals surface area contributed by atoms with E-state index in [1.54, 1.807) is 11.3 Å². The normalized spacial score (nSPS) is 12.8. The monoisotopic (exact) mass is 1120 g/mol. The maximum Gasteiger partial charge on any atom is 0.170 e. The molecule has 0 N–H and O–H groups in total. The molecule has 0 bridgehead atoms. The summed E-state index contributed by atoms with van der Waals surface area (Å²) < 4.78 is 75.3. The summed E-state index contributed by atoms with van der Waals surface area (Å²) in [5.74, 6) is -1.72. The lowest BCUT2D eigenvalue weighted by Gasteiger charge is -2.17. The minimum absolute atomic E-state index is 0.128. The number of hydrogen-bond donors (Lipinski definition) is 0. The number of rotatable bonds is 40. The summed E-state index contributed by atoms with van der Waals surface area (Å²) in [4.78, 5) is 5.34. The number of hydrogen-bond acceptors (Lipinski definition) is 7. The Bertz CT molecular complexity index is 2540. The maximum atomic E-state index is 17.3. The lowest BCUT2D eigenvalue weighted by Crippen LogP contribution is -2.06. The third-order valence-corrected chi connectivity index (χ3v) is 21.0. The van der Waals surface area contributed by atoms with Crippen LogP contribution in [0.3, 0.4) is 0 Å². The second kappa shape index (κ2) is 33.9. The average Bonchev–Trinajstić information content (AvgIpc) is 4.25. The van der Waals surface area contributed by atoms with Crippen molar-refractivity contribution in [2.75, 3.05) is 0 Å². The lowest BCUT2D eigenvalue weighted by atomic mass is 9.88. The van der Waals surface area contributed by atoms with Gasteiger partial charge in [0.15, 0.2) is 11.6 Å². The Balaban J connectivity index is 1.31. The molecular weight excluding hydrogens is 1030 g/mol. The summed E-state index contributed by atoms with van der Waals surface area (Å²) >= 11 is 6.43. The molecule has 5 heterocycles. The summed E-state index contributed by atoms with van der Waals surface area (Å²) in [5.41, 5.74) is 3.35. The first kappa shape index (κ1) is 61.8. The van der Waals surface area contributed by atoms with Crippen molar-refractivity contribution in [2.24, 2.45) is 11.8 Å². The highest BCUT2D eigenvalue weighted by Gasteiger charge is 2.30. The molecule has 11 heteroatoms. The van der Waals surface area contributed by atoms with E-state index in [2.05, 4.69) is 40.7 Å². The first-order valence-corrected chi connectivity index (χ1v) is 34.0. The molecule has 5 aromatic heterocycles. The molecule has 1 aromatic carbocycles. The van der Waals surface area contributed by atoms with Crippen molar-refractivity contribution in [3.05, 3.63) is 68.4 Å². The Hall–Kier alpha value is -2.44. The fourth-order valence-corrected chi connectivity index (χ4v) is 16.4. The van der Waals surface area contributed by atoms with Gasteiger partial charge in [-0.2, -0.15) is 8.75 Å². The van der Waals surface area contributed by atoms with Gasteiger partial charge in [0, 0.05) is 29.3 Å². The minimum atomic E-state index is -0.912. The summed E-state index contributed by atoms with van der Waals surface area (Å²) in [5, 5.41) is 0. The first-order chi connectivity index (χ1) is 36.6. The van der Waals surface area contributed by atoms with E-state index in [0.29, 0.717) is 42.4 Å². The van der Waals surface area contributed by atoms with Crippen LogP contribution in [-0.2, 0) is 12.8 Å². The molecule has 0 radical (unpaired) electrons. The van der Waals surface area contributed by atoms with Crippen molar-refractivity contribution in [2.45, 2.75) is 260 Å². The van der Waals surface area contributed by atoms with Gasteiger partial charge < -0.3 is 0 Å². The molecule has 6 rings (SSSR count). The van der Waals surface area contributed by atoms with Gasteiger partial charge in [-0.25, -0.2) is 17.6 Å². The molecule has 0 saturated carbocycles. The molecule has 2 nitrogen and oxygen atoms in total. The number of halogens is 4. The molecule has 2 atom stereocenters. The minimum Gasteiger partial charge on any atom is -0.205 e. The van der Waals surface area contributed by atoms with Crippen LogP contribution in [0.1, 0.15) is 254 Å². The van der Waals surface area contributed by atoms with Crippen LogP contribution < -0.4 is 0 Å². The first-order valence-electron chi connectivity index (χ1n) is 30.0. The quantitative estimate of drug-likeness (QED) is 0.0283. The fraction of sp³-hybridized carbons (Fsp3) is 0.656. The van der Waals surface area contributed by atoms with Crippen LogP contribution in [0.5, 0.6) is 0 Å². The summed E-state index contributed by atoms with van der Waals surface area (Å²) in [6.07, 6.45) is 41.9. The molecule has 0 amide bonds. The number of unbranched alkanes of at least 4 members (excludes halogenated alkanes) is 24. The summed E-state index contributed by atoms with van der Waals surface area (Å²) in [7, 11) is 0. The van der Waals surface area contributed by atoms with Crippen molar-refractivity contribution in [3.63, 3.8) is 0 Å². The van der Waals surface area contributed by atoms with E-state index in [4.69, 9.17) is 8.75 Å². The van der Waals surface area contributed by atoms with E-state index in [1.165, 1.54) is 231 Å².